The molecular weight excluding hydrogens is 375 g/mol. The molecule has 0 aromatic heterocycles. The molecule has 0 fully saturated rings. The minimum absolute atomic E-state index is 0.561. The lowest BCUT2D eigenvalue weighted by atomic mass is 10.1. The van der Waals surface area contributed by atoms with Crippen molar-refractivity contribution in [2.75, 3.05) is 6.54 Å². The van der Waals surface area contributed by atoms with Crippen LogP contribution in [0, 0.1) is 14.9 Å². The third kappa shape index (κ3) is 4.45. The highest BCUT2D eigenvalue weighted by Gasteiger charge is 2.08. The first-order valence-corrected chi connectivity index (χ1v) is 7.98. The van der Waals surface area contributed by atoms with Gasteiger partial charge < -0.3 is 10.1 Å². The lowest BCUT2D eigenvalue weighted by molar-refractivity contribution is 0.477. The number of rotatable bonds is 6. The fourth-order valence-corrected chi connectivity index (χ4v) is 2.42. The van der Waals surface area contributed by atoms with Crippen molar-refractivity contribution in [2.24, 2.45) is 0 Å². The normalized spacial score (nSPS) is 10.1. The van der Waals surface area contributed by atoms with Gasteiger partial charge in [0, 0.05) is 6.54 Å². The molecule has 2 rings (SSSR count). The Balaban J connectivity index is 2.17. The fourth-order valence-electron chi connectivity index (χ4n) is 1.92. The third-order valence-corrected chi connectivity index (χ3v) is 3.87. The van der Waals surface area contributed by atoms with Crippen LogP contribution in [-0.2, 0) is 6.54 Å². The van der Waals surface area contributed by atoms with Gasteiger partial charge in [-0.25, -0.2) is 0 Å². The van der Waals surface area contributed by atoms with Crippen LogP contribution in [0.3, 0.4) is 0 Å². The standard InChI is InChI=1S/C17H17IN2O/c1-2-9-20-12-13-7-8-16(14(10-13)11-19)21-17-6-4-3-5-15(17)18/h3-8,10,20H,2,9,12H2,1H3. The zero-order chi connectivity index (χ0) is 15.1. The lowest BCUT2D eigenvalue weighted by Gasteiger charge is -2.10. The molecule has 4 heteroatoms. The zero-order valence-electron chi connectivity index (χ0n) is 11.9. The number of nitrogens with one attached hydrogen (secondary N) is 1. The van der Waals surface area contributed by atoms with E-state index in [1.165, 1.54) is 0 Å². The molecule has 2 aromatic rings. The van der Waals surface area contributed by atoms with E-state index in [2.05, 4.69) is 40.9 Å². The zero-order valence-corrected chi connectivity index (χ0v) is 14.1. The van der Waals surface area contributed by atoms with Crippen molar-refractivity contribution < 1.29 is 4.74 Å². The Kier molecular flexibility index (Phi) is 6.03. The summed E-state index contributed by atoms with van der Waals surface area (Å²) in [5.74, 6) is 1.37. The van der Waals surface area contributed by atoms with Gasteiger partial charge in [-0.15, -0.1) is 0 Å². The average Bonchev–Trinajstić information content (AvgIpc) is 2.51. The van der Waals surface area contributed by atoms with Crippen LogP contribution in [0.1, 0.15) is 24.5 Å². The SMILES string of the molecule is CCCNCc1ccc(Oc2ccccc2I)c(C#N)c1. The van der Waals surface area contributed by atoms with Crippen LogP contribution in [0.2, 0.25) is 0 Å². The smallest absolute Gasteiger partial charge is 0.145 e. The highest BCUT2D eigenvalue weighted by atomic mass is 127. The van der Waals surface area contributed by atoms with Crippen LogP contribution < -0.4 is 10.1 Å². The number of hydrogen-bond donors (Lipinski definition) is 1. The van der Waals surface area contributed by atoms with Crippen molar-refractivity contribution in [3.8, 4) is 17.6 Å². The molecule has 0 saturated carbocycles. The molecule has 108 valence electrons. The van der Waals surface area contributed by atoms with Crippen molar-refractivity contribution in [3.05, 3.63) is 57.2 Å². The highest BCUT2D eigenvalue weighted by molar-refractivity contribution is 14.1. The second-order valence-corrected chi connectivity index (χ2v) is 5.81. The Morgan fingerprint density at radius 3 is 2.71 bits per heavy atom. The van der Waals surface area contributed by atoms with E-state index in [9.17, 15) is 5.26 Å². The molecule has 1 N–H and O–H groups in total. The minimum Gasteiger partial charge on any atom is -0.455 e. The van der Waals surface area contributed by atoms with Gasteiger partial charge in [0.1, 0.15) is 17.6 Å². The molecule has 0 aliphatic rings. The lowest BCUT2D eigenvalue weighted by Crippen LogP contribution is -2.13. The summed E-state index contributed by atoms with van der Waals surface area (Å²) in [7, 11) is 0. The van der Waals surface area contributed by atoms with E-state index in [4.69, 9.17) is 4.74 Å². The highest BCUT2D eigenvalue weighted by Crippen LogP contribution is 2.29. The van der Waals surface area contributed by atoms with Gasteiger partial charge in [0.2, 0.25) is 0 Å². The van der Waals surface area contributed by atoms with Crippen LogP contribution in [0.5, 0.6) is 11.5 Å². The van der Waals surface area contributed by atoms with Crippen molar-refractivity contribution in [2.45, 2.75) is 19.9 Å². The van der Waals surface area contributed by atoms with Gasteiger partial charge in [0.15, 0.2) is 0 Å². The molecule has 0 bridgehead atoms. The molecule has 2 aromatic carbocycles. The molecule has 21 heavy (non-hydrogen) atoms. The summed E-state index contributed by atoms with van der Waals surface area (Å²) in [5.41, 5.74) is 1.65. The van der Waals surface area contributed by atoms with Crippen molar-refractivity contribution >= 4 is 22.6 Å². The number of benzene rings is 2. The van der Waals surface area contributed by atoms with Crippen LogP contribution in [0.4, 0.5) is 0 Å². The molecule has 0 aliphatic carbocycles. The Labute approximate surface area is 139 Å². The number of nitrogens with zero attached hydrogens (tertiary/aromatic N) is 1. The van der Waals surface area contributed by atoms with Gasteiger partial charge in [-0.2, -0.15) is 5.26 Å². The molecule has 0 radical (unpaired) electrons. The summed E-state index contributed by atoms with van der Waals surface area (Å²) in [6.07, 6.45) is 1.10. The number of para-hydroxylation sites is 1. The van der Waals surface area contributed by atoms with Crippen LogP contribution in [0.25, 0.3) is 0 Å². The third-order valence-electron chi connectivity index (χ3n) is 2.98. The van der Waals surface area contributed by atoms with E-state index < -0.39 is 0 Å². The van der Waals surface area contributed by atoms with Crippen LogP contribution >= 0.6 is 22.6 Å². The van der Waals surface area contributed by atoms with Crippen molar-refractivity contribution in [1.29, 1.82) is 5.26 Å². The van der Waals surface area contributed by atoms with Gasteiger partial charge in [-0.3, -0.25) is 0 Å². The Hall–Kier alpha value is -1.58. The van der Waals surface area contributed by atoms with E-state index in [0.29, 0.717) is 11.3 Å². The molecule has 0 spiro atoms. The Morgan fingerprint density at radius 1 is 1.19 bits per heavy atom. The molecule has 0 amide bonds. The van der Waals surface area contributed by atoms with E-state index in [1.54, 1.807) is 0 Å². The van der Waals surface area contributed by atoms with Crippen molar-refractivity contribution in [3.63, 3.8) is 0 Å². The van der Waals surface area contributed by atoms with E-state index in [0.717, 1.165) is 34.4 Å². The number of ether oxygens (including phenoxy) is 1. The monoisotopic (exact) mass is 392 g/mol. The van der Waals surface area contributed by atoms with E-state index in [1.807, 2.05) is 42.5 Å². The summed E-state index contributed by atoms with van der Waals surface area (Å²) in [4.78, 5) is 0. The maximum atomic E-state index is 9.31. The first kappa shape index (κ1) is 15.8. The van der Waals surface area contributed by atoms with Gasteiger partial charge in [0.05, 0.1) is 9.13 Å². The first-order chi connectivity index (χ1) is 10.2. The number of hydrogen-bond acceptors (Lipinski definition) is 3. The van der Waals surface area contributed by atoms with E-state index >= 15 is 0 Å². The summed E-state index contributed by atoms with van der Waals surface area (Å²) in [6.45, 7) is 3.88. The second-order valence-electron chi connectivity index (χ2n) is 4.65. The molecule has 0 aliphatic heterocycles. The van der Waals surface area contributed by atoms with Gasteiger partial charge in [-0.05, 0) is 65.4 Å². The second kappa shape index (κ2) is 8.01. The summed E-state index contributed by atoms with van der Waals surface area (Å²) in [6, 6.07) is 15.7. The topological polar surface area (TPSA) is 45.0 Å². The van der Waals surface area contributed by atoms with Crippen LogP contribution in [0.15, 0.2) is 42.5 Å². The summed E-state index contributed by atoms with van der Waals surface area (Å²) < 4.78 is 6.88. The van der Waals surface area contributed by atoms with Crippen LogP contribution in [-0.4, -0.2) is 6.54 Å². The average molecular weight is 392 g/mol. The molecule has 3 nitrogen and oxygen atoms in total. The van der Waals surface area contributed by atoms with Gasteiger partial charge >= 0.3 is 0 Å². The van der Waals surface area contributed by atoms with Gasteiger partial charge in [-0.1, -0.05) is 25.1 Å². The minimum atomic E-state index is 0.561. The molecule has 0 atom stereocenters. The molecule has 0 heterocycles. The quantitative estimate of drug-likeness (QED) is 0.584. The number of nitriles is 1. The van der Waals surface area contributed by atoms with Gasteiger partial charge in [0.25, 0.3) is 0 Å². The molecular formula is C17H17IN2O. The maximum Gasteiger partial charge on any atom is 0.145 e. The van der Waals surface area contributed by atoms with Crippen molar-refractivity contribution in [1.82, 2.24) is 5.32 Å². The summed E-state index contributed by atoms with van der Waals surface area (Å²) in [5, 5.41) is 12.6. The maximum absolute atomic E-state index is 9.31. The fraction of sp³-hybridized carbons (Fsp3) is 0.235. The Morgan fingerprint density at radius 2 is 2.00 bits per heavy atom. The molecule has 0 unspecified atom stereocenters. The first-order valence-electron chi connectivity index (χ1n) is 6.90. The largest absolute Gasteiger partial charge is 0.455 e. The number of halogens is 1. The summed E-state index contributed by atoms with van der Waals surface area (Å²) >= 11 is 2.22. The van der Waals surface area contributed by atoms with E-state index in [-0.39, 0.29) is 0 Å². The Bertz CT molecular complexity index is 649. The molecule has 0 saturated heterocycles. The predicted octanol–water partition coefficient (Wildman–Crippen LogP) is 4.45. The predicted molar refractivity (Wildman–Crippen MR) is 92.4 cm³/mol.